The summed E-state index contributed by atoms with van der Waals surface area (Å²) in [6.07, 6.45) is 2.73. The topological polar surface area (TPSA) is 83.9 Å². The molecule has 3 unspecified atom stereocenters. The van der Waals surface area contributed by atoms with Gasteiger partial charge in [-0.05, 0) is 59.1 Å². The van der Waals surface area contributed by atoms with Crippen molar-refractivity contribution in [2.75, 3.05) is 20.1 Å². The van der Waals surface area contributed by atoms with Crippen molar-refractivity contribution >= 4 is 5.91 Å². The van der Waals surface area contributed by atoms with Gasteiger partial charge in [0.1, 0.15) is 0 Å². The largest absolute Gasteiger partial charge is 0.392 e. The maximum Gasteiger partial charge on any atom is 0.217 e. The van der Waals surface area contributed by atoms with Crippen LogP contribution in [0.1, 0.15) is 53.7 Å². The Hall–Kier alpha value is -3.88. The number of benzene rings is 3. The third-order valence-corrected chi connectivity index (χ3v) is 7.57. The number of pyridine rings is 1. The van der Waals surface area contributed by atoms with E-state index >= 15 is 0 Å². The Morgan fingerprint density at radius 3 is 2.45 bits per heavy atom. The number of hydrogen-bond donors (Lipinski definition) is 2. The molecular formula is C35H39N3O4. The van der Waals surface area contributed by atoms with E-state index in [0.717, 1.165) is 65.0 Å². The van der Waals surface area contributed by atoms with Gasteiger partial charge in [0.05, 0.1) is 18.8 Å². The number of likely N-dealkylation sites (N-methyl/N-ethyl adjacent to an activating group) is 1. The second-order valence-corrected chi connectivity index (χ2v) is 10.9. The molecule has 0 aliphatic carbocycles. The number of nitrogens with one attached hydrogen (secondary N) is 1. The Morgan fingerprint density at radius 1 is 0.929 bits per heavy atom. The molecule has 7 nitrogen and oxygen atoms in total. The fourth-order valence-corrected chi connectivity index (χ4v) is 5.28. The zero-order chi connectivity index (χ0) is 29.3. The van der Waals surface area contributed by atoms with Crippen molar-refractivity contribution in [3.8, 4) is 11.1 Å². The van der Waals surface area contributed by atoms with Crippen LogP contribution in [-0.2, 0) is 33.8 Å². The molecule has 7 heteroatoms. The lowest BCUT2D eigenvalue weighted by molar-refractivity contribution is -0.252. The first-order chi connectivity index (χ1) is 20.5. The van der Waals surface area contributed by atoms with Crippen LogP contribution in [0.25, 0.3) is 11.1 Å². The minimum atomic E-state index is -0.530. The van der Waals surface area contributed by atoms with Crippen molar-refractivity contribution in [1.29, 1.82) is 0 Å². The molecule has 1 aliphatic rings. The van der Waals surface area contributed by atoms with Crippen molar-refractivity contribution in [2.45, 2.75) is 51.4 Å². The highest BCUT2D eigenvalue weighted by molar-refractivity contribution is 5.73. The maximum atomic E-state index is 11.4. The third kappa shape index (κ3) is 8.11. The number of nitrogens with zero attached hydrogens (tertiary/aromatic N) is 2. The molecule has 1 aliphatic heterocycles. The van der Waals surface area contributed by atoms with Crippen molar-refractivity contribution < 1.29 is 19.4 Å². The van der Waals surface area contributed by atoms with Crippen LogP contribution < -0.4 is 5.32 Å². The molecule has 0 spiro atoms. The fraction of sp³-hybridized carbons (Fsp3) is 0.314. The third-order valence-electron chi connectivity index (χ3n) is 7.57. The first kappa shape index (κ1) is 29.6. The minimum Gasteiger partial charge on any atom is -0.392 e. The zero-order valence-corrected chi connectivity index (χ0v) is 24.3. The number of carbonyl (C=O) groups excluding carboxylic acids is 1. The summed E-state index contributed by atoms with van der Waals surface area (Å²) in [6, 6.07) is 30.5. The van der Waals surface area contributed by atoms with E-state index in [-0.39, 0.29) is 24.7 Å². The lowest BCUT2D eigenvalue weighted by atomic mass is 9.98. The molecule has 4 aromatic rings. The molecule has 0 radical (unpaired) electrons. The van der Waals surface area contributed by atoms with Crippen LogP contribution in [0.4, 0.5) is 0 Å². The predicted molar refractivity (Wildman–Crippen MR) is 163 cm³/mol. The summed E-state index contributed by atoms with van der Waals surface area (Å²) < 4.78 is 13.2. The number of ether oxygens (including phenoxy) is 2. The molecular weight excluding hydrogens is 526 g/mol. The summed E-state index contributed by atoms with van der Waals surface area (Å²) in [7, 11) is 2.12. The summed E-state index contributed by atoms with van der Waals surface area (Å²) in [6.45, 7) is 3.67. The van der Waals surface area contributed by atoms with E-state index in [4.69, 9.17) is 9.47 Å². The molecule has 0 saturated carbocycles. The van der Waals surface area contributed by atoms with Crippen molar-refractivity contribution in [3.63, 3.8) is 0 Å². The smallest absolute Gasteiger partial charge is 0.217 e. The number of hydrogen-bond acceptors (Lipinski definition) is 6. The number of aliphatic hydroxyl groups excluding tert-OH is 1. The van der Waals surface area contributed by atoms with Crippen LogP contribution in [0, 0.1) is 0 Å². The zero-order valence-electron chi connectivity index (χ0n) is 24.3. The van der Waals surface area contributed by atoms with Crippen LogP contribution in [0.2, 0.25) is 0 Å². The van der Waals surface area contributed by atoms with E-state index in [1.807, 2.05) is 60.8 Å². The van der Waals surface area contributed by atoms with Gasteiger partial charge in [0.15, 0.2) is 6.29 Å². The standard InChI is InChI=1S/C35H39N3O4/c1-25(40)37-22-27-7-5-8-29(19-27)30-9-6-10-31(20-30)35-41-33(23-38(2)18-16-32-11-3-4-17-36-32)21-34(42-35)28-14-12-26(24-39)13-15-28/h3-15,17,19-20,33-35,39H,16,18,21-24H2,1-2H3,(H,37,40). The molecule has 2 heterocycles. The SMILES string of the molecule is CC(=O)NCc1cccc(-c2cccc(C3OC(CN(C)CCc4ccccn4)CC(c4ccc(CO)cc4)O3)c2)c1. The van der Waals surface area contributed by atoms with Gasteiger partial charge in [-0.3, -0.25) is 9.78 Å². The van der Waals surface area contributed by atoms with Crippen LogP contribution >= 0.6 is 0 Å². The Labute approximate surface area is 248 Å². The molecule has 5 rings (SSSR count). The Morgan fingerprint density at radius 2 is 1.71 bits per heavy atom. The first-order valence-electron chi connectivity index (χ1n) is 14.5. The van der Waals surface area contributed by atoms with E-state index in [1.165, 1.54) is 6.92 Å². The summed E-state index contributed by atoms with van der Waals surface area (Å²) in [5.41, 5.74) is 7.15. The van der Waals surface area contributed by atoms with E-state index in [0.29, 0.717) is 6.54 Å². The van der Waals surface area contributed by atoms with Gasteiger partial charge >= 0.3 is 0 Å². The van der Waals surface area contributed by atoms with Gasteiger partial charge in [0, 0.05) is 56.9 Å². The number of aromatic nitrogens is 1. The Bertz CT molecular complexity index is 1440. The highest BCUT2D eigenvalue weighted by Gasteiger charge is 2.33. The monoisotopic (exact) mass is 565 g/mol. The van der Waals surface area contributed by atoms with Crippen LogP contribution in [-0.4, -0.2) is 47.1 Å². The molecule has 1 saturated heterocycles. The van der Waals surface area contributed by atoms with Gasteiger partial charge in [-0.1, -0.05) is 66.7 Å². The average molecular weight is 566 g/mol. The minimum absolute atomic E-state index is 0.0139. The molecule has 2 N–H and O–H groups in total. The van der Waals surface area contributed by atoms with Crippen molar-refractivity contribution in [3.05, 3.63) is 125 Å². The van der Waals surface area contributed by atoms with Gasteiger partial charge in [-0.2, -0.15) is 0 Å². The molecule has 218 valence electrons. The highest BCUT2D eigenvalue weighted by atomic mass is 16.7. The van der Waals surface area contributed by atoms with Crippen molar-refractivity contribution in [2.24, 2.45) is 0 Å². The molecule has 42 heavy (non-hydrogen) atoms. The Balaban J connectivity index is 1.34. The fourth-order valence-electron chi connectivity index (χ4n) is 5.28. The predicted octanol–water partition coefficient (Wildman–Crippen LogP) is 5.60. The molecule has 1 fully saturated rings. The average Bonchev–Trinajstić information content (AvgIpc) is 3.03. The van der Waals surface area contributed by atoms with Gasteiger partial charge in [0.2, 0.25) is 5.91 Å². The summed E-state index contributed by atoms with van der Waals surface area (Å²) in [5.74, 6) is -0.0496. The highest BCUT2D eigenvalue weighted by Crippen LogP contribution is 2.39. The van der Waals surface area contributed by atoms with E-state index < -0.39 is 6.29 Å². The normalized spacial score (nSPS) is 18.6. The van der Waals surface area contributed by atoms with Gasteiger partial charge in [-0.15, -0.1) is 0 Å². The van der Waals surface area contributed by atoms with Crippen LogP contribution in [0.5, 0.6) is 0 Å². The summed E-state index contributed by atoms with van der Waals surface area (Å²) in [4.78, 5) is 18.1. The molecule has 3 aromatic carbocycles. The molecule has 1 amide bonds. The summed E-state index contributed by atoms with van der Waals surface area (Å²) in [5, 5.41) is 12.4. The first-order valence-corrected chi connectivity index (χ1v) is 14.5. The quantitative estimate of drug-likeness (QED) is 0.247. The van der Waals surface area contributed by atoms with Gasteiger partial charge in [0.25, 0.3) is 0 Å². The lowest BCUT2D eigenvalue weighted by Crippen LogP contribution is -2.38. The number of amides is 1. The van der Waals surface area contributed by atoms with E-state index in [2.05, 4.69) is 58.6 Å². The molecule has 1 aromatic heterocycles. The number of aliphatic hydroxyl groups is 1. The summed E-state index contributed by atoms with van der Waals surface area (Å²) >= 11 is 0. The Kier molecular flexibility index (Phi) is 10.1. The van der Waals surface area contributed by atoms with Gasteiger partial charge in [-0.25, -0.2) is 0 Å². The lowest BCUT2D eigenvalue weighted by Gasteiger charge is -2.38. The second-order valence-electron chi connectivity index (χ2n) is 10.9. The van der Waals surface area contributed by atoms with E-state index in [9.17, 15) is 9.90 Å². The number of carbonyl (C=O) groups is 1. The van der Waals surface area contributed by atoms with Crippen LogP contribution in [0.3, 0.4) is 0 Å². The number of rotatable bonds is 11. The van der Waals surface area contributed by atoms with E-state index in [1.54, 1.807) is 0 Å². The van der Waals surface area contributed by atoms with Crippen LogP contribution in [0.15, 0.2) is 97.2 Å². The molecule has 3 atom stereocenters. The van der Waals surface area contributed by atoms with Gasteiger partial charge < -0.3 is 24.8 Å². The maximum absolute atomic E-state index is 11.4. The second kappa shape index (κ2) is 14.3. The molecule has 0 bridgehead atoms. The van der Waals surface area contributed by atoms with Crippen molar-refractivity contribution in [1.82, 2.24) is 15.2 Å².